The van der Waals surface area contributed by atoms with Crippen molar-refractivity contribution in [2.45, 2.75) is 19.1 Å². The number of pyridine rings is 1. The van der Waals surface area contributed by atoms with Crippen LogP contribution < -0.4 is 10.6 Å². The van der Waals surface area contributed by atoms with Crippen LogP contribution in [0, 0.1) is 0 Å². The summed E-state index contributed by atoms with van der Waals surface area (Å²) in [5, 5.41) is 4.75. The average molecular weight is 301 g/mol. The number of hydrogen-bond acceptors (Lipinski definition) is 3. The third-order valence-electron chi connectivity index (χ3n) is 2.53. The minimum Gasteiger partial charge on any atom is -0.352 e. The number of aromatic nitrogens is 1. The first-order valence-electron chi connectivity index (χ1n) is 6.01. The number of nitrogens with one attached hydrogen (secondary N) is 2. The molecule has 2 amide bonds. The van der Waals surface area contributed by atoms with E-state index in [1.54, 1.807) is 0 Å². The second-order valence-corrected chi connectivity index (χ2v) is 4.05. The molecular formula is C13H14F3N3O2. The zero-order valence-electron chi connectivity index (χ0n) is 11.0. The molecule has 0 aliphatic carbocycles. The number of amides is 2. The molecule has 0 aromatic carbocycles. The van der Waals surface area contributed by atoms with Gasteiger partial charge in [-0.2, -0.15) is 13.2 Å². The van der Waals surface area contributed by atoms with Gasteiger partial charge in [0.05, 0.1) is 5.56 Å². The highest BCUT2D eigenvalue weighted by Crippen LogP contribution is 2.31. The average Bonchev–Trinajstić information content (AvgIpc) is 2.44. The van der Waals surface area contributed by atoms with Crippen molar-refractivity contribution in [3.63, 3.8) is 0 Å². The number of hydrogen-bond donors (Lipinski definition) is 2. The van der Waals surface area contributed by atoms with E-state index in [1.165, 1.54) is 12.3 Å². The zero-order chi connectivity index (χ0) is 15.9. The normalized spacial score (nSPS) is 10.8. The second kappa shape index (κ2) is 7.41. The molecule has 0 fully saturated rings. The van der Waals surface area contributed by atoms with Gasteiger partial charge in [0.2, 0.25) is 11.8 Å². The zero-order valence-corrected chi connectivity index (χ0v) is 11.0. The summed E-state index contributed by atoms with van der Waals surface area (Å²) in [7, 11) is 0. The predicted molar refractivity (Wildman–Crippen MR) is 68.9 cm³/mol. The Morgan fingerprint density at radius 2 is 2.05 bits per heavy atom. The molecule has 8 heteroatoms. The quantitative estimate of drug-likeness (QED) is 0.780. The third kappa shape index (κ3) is 5.64. The number of carbonyl (C=O) groups excluding carboxylic acids is 2. The molecule has 0 atom stereocenters. The lowest BCUT2D eigenvalue weighted by Gasteiger charge is -2.12. The van der Waals surface area contributed by atoms with Crippen LogP contribution in [0.2, 0.25) is 0 Å². The molecule has 0 aliphatic heterocycles. The molecule has 0 unspecified atom stereocenters. The standard InChI is InChI=1S/C13H14F3N3O2/c1-2-11(20)18-6-4-12(21)19-7-9-3-5-17-8-10(9)13(14,15)16/h2-3,5,8H,1,4,6-7H2,(H,18,20)(H,19,21). The highest BCUT2D eigenvalue weighted by molar-refractivity contribution is 5.87. The second-order valence-electron chi connectivity index (χ2n) is 4.05. The van der Waals surface area contributed by atoms with Gasteiger partial charge in [0, 0.05) is 31.9 Å². The van der Waals surface area contributed by atoms with Crippen LogP contribution in [0.4, 0.5) is 13.2 Å². The number of alkyl halides is 3. The molecule has 114 valence electrons. The van der Waals surface area contributed by atoms with E-state index < -0.39 is 23.6 Å². The molecule has 0 spiro atoms. The van der Waals surface area contributed by atoms with Gasteiger partial charge in [-0.15, -0.1) is 0 Å². The maximum Gasteiger partial charge on any atom is 0.418 e. The number of halogens is 3. The first-order chi connectivity index (χ1) is 9.84. The summed E-state index contributed by atoms with van der Waals surface area (Å²) in [5.74, 6) is -0.888. The molecule has 1 aromatic rings. The smallest absolute Gasteiger partial charge is 0.352 e. The highest BCUT2D eigenvalue weighted by atomic mass is 19.4. The van der Waals surface area contributed by atoms with Crippen molar-refractivity contribution in [1.29, 1.82) is 0 Å². The third-order valence-corrected chi connectivity index (χ3v) is 2.53. The van der Waals surface area contributed by atoms with Gasteiger partial charge in [0.15, 0.2) is 0 Å². The van der Waals surface area contributed by atoms with Gasteiger partial charge >= 0.3 is 6.18 Å². The summed E-state index contributed by atoms with van der Waals surface area (Å²) in [6.07, 6.45) is -1.56. The molecule has 0 bridgehead atoms. The van der Waals surface area contributed by atoms with E-state index in [4.69, 9.17) is 0 Å². The van der Waals surface area contributed by atoms with Crippen LogP contribution in [-0.2, 0) is 22.3 Å². The van der Waals surface area contributed by atoms with Gasteiger partial charge in [-0.3, -0.25) is 14.6 Å². The Hall–Kier alpha value is -2.38. The fraction of sp³-hybridized carbons (Fsp3) is 0.308. The van der Waals surface area contributed by atoms with E-state index in [9.17, 15) is 22.8 Å². The number of carbonyl (C=O) groups is 2. The minimum absolute atomic E-state index is 0.0357. The molecule has 0 saturated heterocycles. The van der Waals surface area contributed by atoms with Crippen molar-refractivity contribution in [2.24, 2.45) is 0 Å². The van der Waals surface area contributed by atoms with Gasteiger partial charge in [-0.05, 0) is 17.7 Å². The van der Waals surface area contributed by atoms with Crippen molar-refractivity contribution in [3.8, 4) is 0 Å². The molecule has 2 N–H and O–H groups in total. The van der Waals surface area contributed by atoms with Crippen LogP contribution in [0.25, 0.3) is 0 Å². The van der Waals surface area contributed by atoms with Crippen molar-refractivity contribution in [2.75, 3.05) is 6.54 Å². The van der Waals surface area contributed by atoms with Crippen LogP contribution in [0.15, 0.2) is 31.1 Å². The summed E-state index contributed by atoms with van der Waals surface area (Å²) in [6, 6.07) is 1.20. The molecular weight excluding hydrogens is 287 g/mol. The summed E-state index contributed by atoms with van der Waals surface area (Å²) in [4.78, 5) is 25.7. The van der Waals surface area contributed by atoms with Crippen molar-refractivity contribution >= 4 is 11.8 Å². The first kappa shape index (κ1) is 16.7. The van der Waals surface area contributed by atoms with Gasteiger partial charge in [-0.25, -0.2) is 0 Å². The lowest BCUT2D eigenvalue weighted by Crippen LogP contribution is -2.30. The molecule has 0 saturated carbocycles. The van der Waals surface area contributed by atoms with Gasteiger partial charge in [0.25, 0.3) is 0 Å². The Kier molecular flexibility index (Phi) is 5.89. The van der Waals surface area contributed by atoms with E-state index in [0.29, 0.717) is 6.20 Å². The Bertz CT molecular complexity index is 530. The maximum absolute atomic E-state index is 12.7. The summed E-state index contributed by atoms with van der Waals surface area (Å²) < 4.78 is 38.1. The van der Waals surface area contributed by atoms with Crippen molar-refractivity contribution in [1.82, 2.24) is 15.6 Å². The first-order valence-corrected chi connectivity index (χ1v) is 6.01. The minimum atomic E-state index is -4.52. The molecule has 1 heterocycles. The van der Waals surface area contributed by atoms with E-state index in [-0.39, 0.29) is 25.1 Å². The Balaban J connectivity index is 2.50. The SMILES string of the molecule is C=CC(=O)NCCC(=O)NCc1ccncc1C(F)(F)F. The van der Waals surface area contributed by atoms with Crippen LogP contribution in [0.1, 0.15) is 17.5 Å². The summed E-state index contributed by atoms with van der Waals surface area (Å²) >= 11 is 0. The topological polar surface area (TPSA) is 71.1 Å². The monoisotopic (exact) mass is 301 g/mol. The van der Waals surface area contributed by atoms with E-state index in [2.05, 4.69) is 22.2 Å². The lowest BCUT2D eigenvalue weighted by molar-refractivity contribution is -0.138. The molecule has 1 rings (SSSR count). The summed E-state index contributed by atoms with van der Waals surface area (Å²) in [6.45, 7) is 3.07. The number of rotatable bonds is 6. The van der Waals surface area contributed by atoms with Gasteiger partial charge in [0.1, 0.15) is 0 Å². The molecule has 1 aromatic heterocycles. The van der Waals surface area contributed by atoms with Crippen LogP contribution >= 0.6 is 0 Å². The Morgan fingerprint density at radius 3 is 2.67 bits per heavy atom. The summed E-state index contributed by atoms with van der Waals surface area (Å²) in [5.41, 5.74) is -0.953. The highest BCUT2D eigenvalue weighted by Gasteiger charge is 2.33. The largest absolute Gasteiger partial charge is 0.418 e. The molecule has 0 aliphatic rings. The van der Waals surface area contributed by atoms with Gasteiger partial charge in [-0.1, -0.05) is 6.58 Å². The van der Waals surface area contributed by atoms with E-state index >= 15 is 0 Å². The van der Waals surface area contributed by atoms with Crippen molar-refractivity contribution < 1.29 is 22.8 Å². The Morgan fingerprint density at radius 1 is 1.33 bits per heavy atom. The van der Waals surface area contributed by atoms with E-state index in [0.717, 1.165) is 6.08 Å². The fourth-order valence-corrected chi connectivity index (χ4v) is 1.49. The van der Waals surface area contributed by atoms with E-state index in [1.807, 2.05) is 0 Å². The molecule has 5 nitrogen and oxygen atoms in total. The predicted octanol–water partition coefficient (Wildman–Crippen LogP) is 1.41. The van der Waals surface area contributed by atoms with Crippen LogP contribution in [0.5, 0.6) is 0 Å². The van der Waals surface area contributed by atoms with Gasteiger partial charge < -0.3 is 10.6 Å². The molecule has 21 heavy (non-hydrogen) atoms. The fourth-order valence-electron chi connectivity index (χ4n) is 1.49. The maximum atomic E-state index is 12.7. The lowest BCUT2D eigenvalue weighted by atomic mass is 10.1. The molecule has 0 radical (unpaired) electrons. The van der Waals surface area contributed by atoms with Crippen LogP contribution in [0.3, 0.4) is 0 Å². The van der Waals surface area contributed by atoms with Crippen molar-refractivity contribution in [3.05, 3.63) is 42.2 Å². The number of nitrogens with zero attached hydrogens (tertiary/aromatic N) is 1. The van der Waals surface area contributed by atoms with Crippen LogP contribution in [-0.4, -0.2) is 23.3 Å². The Labute approximate surface area is 119 Å².